The number of anilines is 1. The highest BCUT2D eigenvalue weighted by Gasteiger charge is 2.30. The van der Waals surface area contributed by atoms with Crippen LogP contribution >= 0.6 is 0 Å². The first-order valence-electron chi connectivity index (χ1n) is 17.4. The average Bonchev–Trinajstić information content (AvgIpc) is 3.68. The second kappa shape index (κ2) is 17.2. The molecule has 0 aliphatic heterocycles. The molecule has 5 rings (SSSR count). The van der Waals surface area contributed by atoms with E-state index in [0.29, 0.717) is 47.6 Å². The van der Waals surface area contributed by atoms with E-state index in [-0.39, 0.29) is 35.3 Å². The first kappa shape index (κ1) is 38.5. The largest absolute Gasteiger partial charge is 0.444 e. The van der Waals surface area contributed by atoms with Gasteiger partial charge in [0, 0.05) is 48.3 Å². The molecule has 1 aliphatic rings. The molecule has 15 heteroatoms. The number of aromatic amines is 1. The van der Waals surface area contributed by atoms with Gasteiger partial charge >= 0.3 is 6.09 Å². The SMILES string of the molecule is CON(C)C(=O)c1ccc(F)c(-c2cccc(C[C@H](NC(=O)C3CCC(CNC(=O)OC(C)(C)C)CC3)C(=O)Nc3ccc(-c4nn[nH]n4)cc3)c2)c1. The maximum atomic E-state index is 15.1. The van der Waals surface area contributed by atoms with Crippen molar-refractivity contribution in [2.45, 2.75) is 64.5 Å². The lowest BCUT2D eigenvalue weighted by Crippen LogP contribution is -2.48. The topological polar surface area (TPSA) is 181 Å². The van der Waals surface area contributed by atoms with Crippen molar-refractivity contribution < 1.29 is 33.1 Å². The molecule has 0 spiro atoms. The maximum Gasteiger partial charge on any atom is 0.407 e. The minimum Gasteiger partial charge on any atom is -0.444 e. The number of carbonyl (C=O) groups is 4. The average molecular weight is 729 g/mol. The molecule has 0 bridgehead atoms. The summed E-state index contributed by atoms with van der Waals surface area (Å²) in [5.74, 6) is -1.36. The van der Waals surface area contributed by atoms with Crippen molar-refractivity contribution in [1.82, 2.24) is 36.3 Å². The molecule has 0 radical (unpaired) electrons. The van der Waals surface area contributed by atoms with Gasteiger partial charge in [-0.15, -0.1) is 10.2 Å². The summed E-state index contributed by atoms with van der Waals surface area (Å²) >= 11 is 0. The van der Waals surface area contributed by atoms with Gasteiger partial charge in [0.1, 0.15) is 17.5 Å². The van der Waals surface area contributed by atoms with Gasteiger partial charge in [0.15, 0.2) is 0 Å². The summed E-state index contributed by atoms with van der Waals surface area (Å²) in [5, 5.41) is 23.7. The van der Waals surface area contributed by atoms with Gasteiger partial charge in [0.25, 0.3) is 5.91 Å². The molecule has 1 heterocycles. The standard InChI is InChI=1S/C38H45FN8O6/c1-38(2,3)53-37(51)40-22-23-9-11-26(12-10-23)34(48)42-32(35(49)41-29-16-13-25(14-17-29)33-43-45-46-44-33)20-24-7-6-8-27(19-24)30-21-28(15-18-31(30)39)36(50)47(4)52-5/h6-8,13-19,21,23,26,32H,9-12,20,22H2,1-5H3,(H,40,51)(H,41,49)(H,42,48)(H,43,44,45,46)/t23?,26?,32-/m0/s1. The van der Waals surface area contributed by atoms with E-state index in [0.717, 1.165) is 17.9 Å². The third-order valence-corrected chi connectivity index (χ3v) is 8.99. The molecule has 0 saturated heterocycles. The molecule has 1 aromatic heterocycles. The van der Waals surface area contributed by atoms with Crippen molar-refractivity contribution in [3.8, 4) is 22.5 Å². The quantitative estimate of drug-likeness (QED) is 0.141. The number of aromatic nitrogens is 4. The summed E-state index contributed by atoms with van der Waals surface area (Å²) in [6.07, 6.45) is 2.29. The molecule has 4 aromatic rings. The number of amides is 4. The zero-order valence-corrected chi connectivity index (χ0v) is 30.4. The Morgan fingerprint density at radius 3 is 2.38 bits per heavy atom. The molecule has 1 fully saturated rings. The second-order valence-electron chi connectivity index (χ2n) is 14.0. The number of halogens is 1. The highest BCUT2D eigenvalue weighted by molar-refractivity contribution is 5.98. The van der Waals surface area contributed by atoms with Gasteiger partial charge < -0.3 is 20.7 Å². The Labute approximate surface area is 307 Å². The van der Waals surface area contributed by atoms with E-state index in [4.69, 9.17) is 9.57 Å². The van der Waals surface area contributed by atoms with Crippen LogP contribution in [0.2, 0.25) is 0 Å². The fourth-order valence-corrected chi connectivity index (χ4v) is 6.13. The predicted molar refractivity (Wildman–Crippen MR) is 195 cm³/mol. The van der Waals surface area contributed by atoms with E-state index >= 15 is 4.39 Å². The molecule has 1 aliphatic carbocycles. The van der Waals surface area contributed by atoms with E-state index in [1.54, 1.807) is 69.3 Å². The number of nitrogens with one attached hydrogen (secondary N) is 4. The molecule has 0 unspecified atom stereocenters. The maximum absolute atomic E-state index is 15.1. The molecule has 1 atom stereocenters. The fraction of sp³-hybridized carbons (Fsp3) is 0.395. The molecular formula is C38H45FN8O6. The number of hydrogen-bond acceptors (Lipinski definition) is 9. The molecule has 53 heavy (non-hydrogen) atoms. The predicted octanol–water partition coefficient (Wildman–Crippen LogP) is 5.30. The Hall–Kier alpha value is -5.70. The van der Waals surface area contributed by atoms with Crippen LogP contribution in [0.1, 0.15) is 62.4 Å². The highest BCUT2D eigenvalue weighted by atomic mass is 19.1. The van der Waals surface area contributed by atoms with E-state index in [2.05, 4.69) is 36.6 Å². The van der Waals surface area contributed by atoms with Crippen LogP contribution < -0.4 is 16.0 Å². The van der Waals surface area contributed by atoms with Gasteiger partial charge in [-0.05, 0) is 111 Å². The Balaban J connectivity index is 1.30. The first-order valence-corrected chi connectivity index (χ1v) is 17.4. The van der Waals surface area contributed by atoms with Crippen LogP contribution in [-0.4, -0.2) is 81.8 Å². The molecule has 4 amide bonds. The Morgan fingerprint density at radius 2 is 1.72 bits per heavy atom. The highest BCUT2D eigenvalue weighted by Crippen LogP contribution is 2.30. The molecule has 280 valence electrons. The molecule has 4 N–H and O–H groups in total. The van der Waals surface area contributed by atoms with Crippen LogP contribution in [0, 0.1) is 17.7 Å². The van der Waals surface area contributed by atoms with Gasteiger partial charge in [0.2, 0.25) is 17.6 Å². The molecule has 3 aromatic carbocycles. The van der Waals surface area contributed by atoms with Crippen molar-refractivity contribution in [2.24, 2.45) is 11.8 Å². The fourth-order valence-electron chi connectivity index (χ4n) is 6.13. The number of ether oxygens (including phenoxy) is 1. The second-order valence-corrected chi connectivity index (χ2v) is 14.0. The van der Waals surface area contributed by atoms with Crippen LogP contribution in [0.15, 0.2) is 66.7 Å². The van der Waals surface area contributed by atoms with Crippen LogP contribution in [-0.2, 0) is 25.6 Å². The van der Waals surface area contributed by atoms with Crippen molar-refractivity contribution in [3.63, 3.8) is 0 Å². The van der Waals surface area contributed by atoms with Crippen LogP contribution in [0.3, 0.4) is 0 Å². The van der Waals surface area contributed by atoms with Crippen LogP contribution in [0.5, 0.6) is 0 Å². The number of hydrogen-bond donors (Lipinski definition) is 4. The van der Waals surface area contributed by atoms with E-state index < -0.39 is 35.4 Å². The van der Waals surface area contributed by atoms with Gasteiger partial charge in [0.05, 0.1) is 7.11 Å². The molecule has 14 nitrogen and oxygen atoms in total. The van der Waals surface area contributed by atoms with Crippen molar-refractivity contribution in [1.29, 1.82) is 0 Å². The minimum atomic E-state index is -0.977. The number of nitrogens with zero attached hydrogens (tertiary/aromatic N) is 4. The minimum absolute atomic E-state index is 0.105. The summed E-state index contributed by atoms with van der Waals surface area (Å²) in [6, 6.07) is 17.0. The summed E-state index contributed by atoms with van der Waals surface area (Å²) in [6.45, 7) is 5.87. The van der Waals surface area contributed by atoms with Gasteiger partial charge in [-0.3, -0.25) is 19.2 Å². The number of tetrazole rings is 1. The number of alkyl carbamates (subject to hydrolysis) is 1. The monoisotopic (exact) mass is 728 g/mol. The number of carbonyl (C=O) groups excluding carboxylic acids is 4. The normalized spacial score (nSPS) is 16.3. The summed E-state index contributed by atoms with van der Waals surface area (Å²) in [7, 11) is 2.82. The van der Waals surface area contributed by atoms with E-state index in [1.165, 1.54) is 32.4 Å². The number of benzene rings is 3. The van der Waals surface area contributed by atoms with Crippen molar-refractivity contribution >= 4 is 29.5 Å². The number of hydroxylamine groups is 2. The Morgan fingerprint density at radius 1 is 0.981 bits per heavy atom. The third-order valence-electron chi connectivity index (χ3n) is 8.99. The Kier molecular flexibility index (Phi) is 12.5. The van der Waals surface area contributed by atoms with Gasteiger partial charge in [-0.1, -0.05) is 24.3 Å². The van der Waals surface area contributed by atoms with Gasteiger partial charge in [-0.25, -0.2) is 14.2 Å². The first-order chi connectivity index (χ1) is 25.3. The molecular weight excluding hydrogens is 683 g/mol. The van der Waals surface area contributed by atoms with Crippen LogP contribution in [0.4, 0.5) is 14.9 Å². The molecule has 1 saturated carbocycles. The lowest BCUT2D eigenvalue weighted by molar-refractivity contribution is -0.130. The van der Waals surface area contributed by atoms with E-state index in [9.17, 15) is 19.2 Å². The lowest BCUT2D eigenvalue weighted by Gasteiger charge is -2.29. The zero-order chi connectivity index (χ0) is 38.1. The van der Waals surface area contributed by atoms with Gasteiger partial charge in [-0.2, -0.15) is 5.21 Å². The smallest absolute Gasteiger partial charge is 0.407 e. The summed E-state index contributed by atoms with van der Waals surface area (Å²) < 4.78 is 20.5. The summed E-state index contributed by atoms with van der Waals surface area (Å²) in [4.78, 5) is 57.3. The van der Waals surface area contributed by atoms with Crippen molar-refractivity contribution in [3.05, 3.63) is 83.7 Å². The number of rotatable bonds is 12. The zero-order valence-electron chi connectivity index (χ0n) is 30.4. The third kappa shape index (κ3) is 10.7. The Bertz CT molecular complexity index is 1890. The van der Waals surface area contributed by atoms with Crippen LogP contribution in [0.25, 0.3) is 22.5 Å². The van der Waals surface area contributed by atoms with Crippen molar-refractivity contribution in [2.75, 3.05) is 26.0 Å². The lowest BCUT2D eigenvalue weighted by atomic mass is 9.81. The summed E-state index contributed by atoms with van der Waals surface area (Å²) in [5.41, 5.74) is 2.20. The van der Waals surface area contributed by atoms with E-state index in [1.807, 2.05) is 0 Å². The number of H-pyrrole nitrogens is 1.